The molecule has 1 N–H and O–H groups in total. The molecule has 0 spiro atoms. The number of aryl methyl sites for hydroxylation is 1. The maximum atomic E-state index is 14.9. The number of carbonyl (C=O) groups excluding carboxylic acids is 2. The Hall–Kier alpha value is -3.62. The van der Waals surface area contributed by atoms with Crippen LogP contribution >= 0.6 is 11.6 Å². The van der Waals surface area contributed by atoms with Gasteiger partial charge in [0.05, 0.1) is 22.6 Å². The molecule has 2 aromatic heterocycles. The minimum Gasteiger partial charge on any atom is -0.331 e. The first-order valence-corrected chi connectivity index (χ1v) is 13.8. The number of allylic oxidation sites excluding steroid dienone is 4. The Morgan fingerprint density at radius 3 is 2.63 bits per heavy atom. The number of nitrogens with one attached hydrogen (secondary N) is 1. The molecule has 0 radical (unpaired) electrons. The molecule has 0 aliphatic carbocycles. The molecule has 196 valence electrons. The number of hydrogen-bond donors (Lipinski definition) is 1. The third kappa shape index (κ3) is 5.19. The number of pyridine rings is 1. The number of rotatable bonds is 8. The summed E-state index contributed by atoms with van der Waals surface area (Å²) in [5.74, 6) is -1.19. The average molecular weight is 552 g/mol. The van der Waals surface area contributed by atoms with Crippen molar-refractivity contribution in [1.82, 2.24) is 14.3 Å². The fourth-order valence-electron chi connectivity index (χ4n) is 4.37. The smallest absolute Gasteiger partial charge is 0.280 e. The molecule has 38 heavy (non-hydrogen) atoms. The molecule has 9 heteroatoms. The van der Waals surface area contributed by atoms with Crippen molar-refractivity contribution in [3.63, 3.8) is 0 Å². The molecule has 1 atom stereocenters. The highest BCUT2D eigenvalue weighted by atomic mass is 35.5. The van der Waals surface area contributed by atoms with Crippen LogP contribution < -0.4 is 4.72 Å². The molecule has 0 aliphatic heterocycles. The summed E-state index contributed by atoms with van der Waals surface area (Å²) in [5.41, 5.74) is 2.76. The van der Waals surface area contributed by atoms with Crippen molar-refractivity contribution in [3.05, 3.63) is 94.0 Å². The second-order valence-electron chi connectivity index (χ2n) is 8.77. The number of Topliss-reactive ketones (excluding diaryl/α,β-unsaturated/α-hetero) is 1. The summed E-state index contributed by atoms with van der Waals surface area (Å²) in [5, 5.41) is 1.71. The van der Waals surface area contributed by atoms with E-state index in [0.717, 1.165) is 5.39 Å². The van der Waals surface area contributed by atoms with Crippen LogP contribution in [-0.2, 0) is 22.3 Å². The Morgan fingerprint density at radius 1 is 1.21 bits per heavy atom. The van der Waals surface area contributed by atoms with Crippen LogP contribution in [0.1, 0.15) is 48.0 Å². The standard InChI is InChI=1S/C29H27ClFN3O3S/c1-5-7-10-20(18(4)35)26-22-13-17(3)23(31)14-25(22)34(28(26)29(36)33-38(37)6-2)16-19-15-32-24-12-9-8-11-21(24)27(19)30/h5,7-15H,6,16H2,1-4H3,(H,33,36)/b7-5-,20-10+. The van der Waals surface area contributed by atoms with E-state index in [1.54, 1.807) is 48.9 Å². The number of aromatic nitrogens is 2. The van der Waals surface area contributed by atoms with Gasteiger partial charge in [0.25, 0.3) is 5.91 Å². The Morgan fingerprint density at radius 2 is 1.95 bits per heavy atom. The van der Waals surface area contributed by atoms with Gasteiger partial charge < -0.3 is 4.57 Å². The Kier molecular flexibility index (Phi) is 8.23. The largest absolute Gasteiger partial charge is 0.331 e. The molecule has 4 rings (SSSR count). The van der Waals surface area contributed by atoms with E-state index in [4.69, 9.17) is 11.6 Å². The number of ketones is 1. The van der Waals surface area contributed by atoms with E-state index in [1.165, 1.54) is 13.0 Å². The van der Waals surface area contributed by atoms with Crippen molar-refractivity contribution < 1.29 is 18.2 Å². The Balaban J connectivity index is 2.09. The third-order valence-electron chi connectivity index (χ3n) is 6.24. The number of amides is 1. The highest BCUT2D eigenvalue weighted by molar-refractivity contribution is 7.83. The summed E-state index contributed by atoms with van der Waals surface area (Å²) in [4.78, 5) is 31.0. The first kappa shape index (κ1) is 27.4. The van der Waals surface area contributed by atoms with Crippen LogP contribution in [0.25, 0.3) is 27.4 Å². The number of carbonyl (C=O) groups is 2. The summed E-state index contributed by atoms with van der Waals surface area (Å²) in [6.07, 6.45) is 6.71. The lowest BCUT2D eigenvalue weighted by molar-refractivity contribution is -0.111. The van der Waals surface area contributed by atoms with Gasteiger partial charge in [-0.2, -0.15) is 0 Å². The monoisotopic (exact) mass is 551 g/mol. The fourth-order valence-corrected chi connectivity index (χ4v) is 5.09. The van der Waals surface area contributed by atoms with Crippen LogP contribution in [0.5, 0.6) is 0 Å². The molecule has 0 saturated heterocycles. The Labute approximate surface area is 227 Å². The summed E-state index contributed by atoms with van der Waals surface area (Å²) >= 11 is 6.77. The van der Waals surface area contributed by atoms with E-state index in [9.17, 15) is 18.2 Å². The maximum Gasteiger partial charge on any atom is 0.280 e. The number of fused-ring (bicyclic) bond motifs is 2. The van der Waals surface area contributed by atoms with Crippen molar-refractivity contribution in [2.45, 2.75) is 34.2 Å². The molecule has 4 aromatic rings. The number of para-hydroxylation sites is 1. The number of halogens is 2. The highest BCUT2D eigenvalue weighted by Crippen LogP contribution is 2.36. The van der Waals surface area contributed by atoms with E-state index in [1.807, 2.05) is 31.2 Å². The van der Waals surface area contributed by atoms with Crippen molar-refractivity contribution in [3.8, 4) is 0 Å². The lowest BCUT2D eigenvalue weighted by Gasteiger charge is -2.14. The van der Waals surface area contributed by atoms with Gasteiger partial charge in [-0.15, -0.1) is 0 Å². The molecule has 0 saturated carbocycles. The molecule has 2 heterocycles. The van der Waals surface area contributed by atoms with Crippen LogP contribution in [-0.4, -0.2) is 31.2 Å². The summed E-state index contributed by atoms with van der Waals surface area (Å²) < 4.78 is 31.4. The lowest BCUT2D eigenvalue weighted by atomic mass is 9.97. The van der Waals surface area contributed by atoms with Gasteiger partial charge in [-0.25, -0.2) is 8.60 Å². The number of nitrogens with zero attached hydrogens (tertiary/aromatic N) is 2. The van der Waals surface area contributed by atoms with Gasteiger partial charge in [0, 0.05) is 39.4 Å². The molecule has 6 nitrogen and oxygen atoms in total. The first-order valence-electron chi connectivity index (χ1n) is 12.1. The molecule has 0 aliphatic rings. The van der Waals surface area contributed by atoms with Crippen molar-refractivity contribution in [2.24, 2.45) is 0 Å². The summed E-state index contributed by atoms with van der Waals surface area (Å²) in [7, 11) is -1.65. The second kappa shape index (κ2) is 11.4. The van der Waals surface area contributed by atoms with Crippen molar-refractivity contribution in [1.29, 1.82) is 0 Å². The normalized spacial score (nSPS) is 12.9. The Bertz CT molecular complexity index is 1670. The molecular formula is C29H27ClFN3O3S. The fraction of sp³-hybridized carbons (Fsp3) is 0.207. The first-order chi connectivity index (χ1) is 18.2. The van der Waals surface area contributed by atoms with Gasteiger partial charge in [-0.05, 0) is 44.5 Å². The van der Waals surface area contributed by atoms with Gasteiger partial charge in [0.2, 0.25) is 0 Å². The molecule has 0 bridgehead atoms. The minimum absolute atomic E-state index is 0.0615. The topological polar surface area (TPSA) is 81.1 Å². The van der Waals surface area contributed by atoms with Crippen LogP contribution in [0.3, 0.4) is 0 Å². The summed E-state index contributed by atoms with van der Waals surface area (Å²) in [6.45, 7) is 6.58. The third-order valence-corrected chi connectivity index (χ3v) is 7.63. The molecular weight excluding hydrogens is 525 g/mol. The van der Waals surface area contributed by atoms with E-state index in [0.29, 0.717) is 38.1 Å². The van der Waals surface area contributed by atoms with E-state index >= 15 is 0 Å². The van der Waals surface area contributed by atoms with Crippen LogP contribution in [0, 0.1) is 12.7 Å². The number of hydrogen-bond acceptors (Lipinski definition) is 4. The van der Waals surface area contributed by atoms with Crippen LogP contribution in [0.4, 0.5) is 4.39 Å². The van der Waals surface area contributed by atoms with E-state index in [2.05, 4.69) is 9.71 Å². The molecule has 2 aromatic carbocycles. The van der Waals surface area contributed by atoms with Crippen molar-refractivity contribution in [2.75, 3.05) is 5.75 Å². The van der Waals surface area contributed by atoms with Gasteiger partial charge >= 0.3 is 0 Å². The highest BCUT2D eigenvalue weighted by Gasteiger charge is 2.28. The second-order valence-corrected chi connectivity index (χ2v) is 10.6. The van der Waals surface area contributed by atoms with Gasteiger partial charge in [-0.3, -0.25) is 19.3 Å². The SMILES string of the molecule is C/C=C\C=C(/C(C)=O)c1c(C(=O)NS(=O)CC)n(Cc2cnc3ccccc3c2Cl)c2cc(F)c(C)cc12. The van der Waals surface area contributed by atoms with Crippen LogP contribution in [0.15, 0.2) is 60.8 Å². The minimum atomic E-state index is -1.65. The zero-order valence-electron chi connectivity index (χ0n) is 21.5. The van der Waals surface area contributed by atoms with Crippen molar-refractivity contribution >= 4 is 61.7 Å². The average Bonchev–Trinajstić information content (AvgIpc) is 3.18. The van der Waals surface area contributed by atoms with Gasteiger partial charge in [0.1, 0.15) is 22.5 Å². The predicted octanol–water partition coefficient (Wildman–Crippen LogP) is 6.30. The van der Waals surface area contributed by atoms with Gasteiger partial charge in [-0.1, -0.05) is 55.0 Å². The lowest BCUT2D eigenvalue weighted by Crippen LogP contribution is -2.30. The number of benzene rings is 2. The zero-order chi connectivity index (χ0) is 27.6. The molecule has 1 unspecified atom stereocenters. The molecule has 0 fully saturated rings. The zero-order valence-corrected chi connectivity index (χ0v) is 23.0. The van der Waals surface area contributed by atoms with Gasteiger partial charge in [0.15, 0.2) is 5.78 Å². The van der Waals surface area contributed by atoms with Crippen LogP contribution in [0.2, 0.25) is 5.02 Å². The van der Waals surface area contributed by atoms with E-state index < -0.39 is 22.7 Å². The summed E-state index contributed by atoms with van der Waals surface area (Å²) in [6, 6.07) is 10.4. The quantitative estimate of drug-likeness (QED) is 0.206. The van der Waals surface area contributed by atoms with E-state index in [-0.39, 0.29) is 29.3 Å². The maximum absolute atomic E-state index is 14.9. The molecule has 1 amide bonds. The predicted molar refractivity (Wildman–Crippen MR) is 152 cm³/mol.